The van der Waals surface area contributed by atoms with Crippen LogP contribution in [0.5, 0.6) is 0 Å². The molecule has 0 unspecified atom stereocenters. The molecule has 0 aliphatic rings. The topological polar surface area (TPSA) is 52.6 Å². The lowest BCUT2D eigenvalue weighted by molar-refractivity contribution is -0.148. The second-order valence-corrected chi connectivity index (χ2v) is 7.15. The average molecular weight is 451 g/mol. The monoisotopic (exact) mass is 450 g/mol. The molecule has 5 heteroatoms. The van der Waals surface area contributed by atoms with Crippen molar-refractivity contribution in [3.8, 4) is 0 Å². The molecule has 0 aliphatic heterocycles. The number of rotatable bonds is 7. The molecule has 0 aliphatic carbocycles. The van der Waals surface area contributed by atoms with Gasteiger partial charge in [-0.05, 0) is 34.9 Å². The fraction of sp³-hybridized carbons (Fsp3) is 0.0833. The third-order valence-corrected chi connectivity index (χ3v) is 4.52. The molecule has 0 bridgehead atoms. The van der Waals surface area contributed by atoms with Gasteiger partial charge in [0.15, 0.2) is 0 Å². The van der Waals surface area contributed by atoms with Crippen LogP contribution in [0.1, 0.15) is 16.7 Å². The van der Waals surface area contributed by atoms with Crippen LogP contribution in [0, 0.1) is 0 Å². The summed E-state index contributed by atoms with van der Waals surface area (Å²) in [6.45, 7) is 0.142. The molecule has 0 spiro atoms. The smallest absolute Gasteiger partial charge is 0.345 e. The zero-order valence-electron chi connectivity index (χ0n) is 15.6. The number of carbonyl (C=O) groups excluding carboxylic acids is 2. The average Bonchev–Trinajstić information content (AvgIpc) is 2.75. The second-order valence-electron chi connectivity index (χ2n) is 6.24. The summed E-state index contributed by atoms with van der Waals surface area (Å²) in [6, 6.07) is 25.8. The lowest BCUT2D eigenvalue weighted by Crippen LogP contribution is -2.18. The van der Waals surface area contributed by atoms with Crippen LogP contribution in [0.4, 0.5) is 0 Å². The van der Waals surface area contributed by atoms with E-state index in [1.807, 2.05) is 72.8 Å². The predicted molar refractivity (Wildman–Crippen MR) is 115 cm³/mol. The van der Waals surface area contributed by atoms with Crippen molar-refractivity contribution < 1.29 is 19.1 Å². The number of hydrogen-bond donors (Lipinski definition) is 0. The highest BCUT2D eigenvalue weighted by Gasteiger charge is 2.22. The number of ether oxygens (including phenoxy) is 2. The molecule has 3 aromatic carbocycles. The van der Waals surface area contributed by atoms with Gasteiger partial charge in [0.1, 0.15) is 18.8 Å². The van der Waals surface area contributed by atoms with Crippen molar-refractivity contribution in [1.82, 2.24) is 0 Å². The first kappa shape index (κ1) is 20.6. The Labute approximate surface area is 177 Å². The fourth-order valence-corrected chi connectivity index (χ4v) is 2.98. The first-order chi connectivity index (χ1) is 14.1. The van der Waals surface area contributed by atoms with Crippen LogP contribution in [0.3, 0.4) is 0 Å². The zero-order valence-corrected chi connectivity index (χ0v) is 17.2. The van der Waals surface area contributed by atoms with Gasteiger partial charge >= 0.3 is 11.9 Å². The third kappa shape index (κ3) is 6.43. The molecule has 0 N–H and O–H groups in total. The number of hydrogen-bond acceptors (Lipinski definition) is 4. The molecule has 4 nitrogen and oxygen atoms in total. The van der Waals surface area contributed by atoms with Crippen LogP contribution < -0.4 is 0 Å². The summed E-state index contributed by atoms with van der Waals surface area (Å²) >= 11 is 3.39. The number of esters is 2. The molecular weight excluding hydrogens is 432 g/mol. The van der Waals surface area contributed by atoms with Gasteiger partial charge in [-0.25, -0.2) is 9.59 Å². The van der Waals surface area contributed by atoms with E-state index < -0.39 is 11.9 Å². The Hall–Kier alpha value is -3.18. The Kier molecular flexibility index (Phi) is 7.36. The van der Waals surface area contributed by atoms with Gasteiger partial charge in [-0.3, -0.25) is 0 Å². The highest BCUT2D eigenvalue weighted by molar-refractivity contribution is 9.10. The van der Waals surface area contributed by atoms with Crippen molar-refractivity contribution >= 4 is 33.9 Å². The van der Waals surface area contributed by atoms with Crippen LogP contribution in [0.2, 0.25) is 0 Å². The van der Waals surface area contributed by atoms with Crippen molar-refractivity contribution in [2.75, 3.05) is 0 Å². The summed E-state index contributed by atoms with van der Waals surface area (Å²) in [5.74, 6) is -1.46. The second kappa shape index (κ2) is 10.4. The van der Waals surface area contributed by atoms with Gasteiger partial charge in [0.2, 0.25) is 0 Å². The summed E-state index contributed by atoms with van der Waals surface area (Å²) in [7, 11) is 0. The third-order valence-electron chi connectivity index (χ3n) is 4.03. The van der Waals surface area contributed by atoms with Gasteiger partial charge < -0.3 is 9.47 Å². The minimum absolute atomic E-state index is 0.0709. The van der Waals surface area contributed by atoms with Gasteiger partial charge in [0.05, 0.1) is 0 Å². The molecule has 0 heterocycles. The minimum Gasteiger partial charge on any atom is -0.457 e. The normalized spacial score (nSPS) is 10.1. The maximum atomic E-state index is 12.7. The van der Waals surface area contributed by atoms with E-state index in [1.165, 1.54) is 6.08 Å². The quantitative estimate of drug-likeness (QED) is 0.211. The maximum absolute atomic E-state index is 12.7. The Morgan fingerprint density at radius 2 is 1.24 bits per heavy atom. The van der Waals surface area contributed by atoms with Crippen molar-refractivity contribution in [3.05, 3.63) is 112 Å². The van der Waals surface area contributed by atoms with Crippen LogP contribution >= 0.6 is 15.9 Å². The Morgan fingerprint density at radius 1 is 0.724 bits per heavy atom. The number of benzene rings is 3. The molecular formula is C24H19BrO4. The number of carbonyl (C=O) groups is 2. The van der Waals surface area contributed by atoms with Gasteiger partial charge in [-0.2, -0.15) is 0 Å². The molecule has 0 radical (unpaired) electrons. The van der Waals surface area contributed by atoms with E-state index >= 15 is 0 Å². The summed E-state index contributed by atoms with van der Waals surface area (Å²) in [5, 5.41) is 0. The largest absolute Gasteiger partial charge is 0.457 e. The molecule has 0 saturated heterocycles. The van der Waals surface area contributed by atoms with E-state index in [0.29, 0.717) is 5.56 Å². The van der Waals surface area contributed by atoms with Gasteiger partial charge in [-0.1, -0.05) is 88.7 Å². The molecule has 0 aromatic heterocycles. The molecule has 3 aromatic rings. The van der Waals surface area contributed by atoms with Gasteiger partial charge in [0, 0.05) is 4.47 Å². The molecule has 0 atom stereocenters. The van der Waals surface area contributed by atoms with Gasteiger partial charge in [0.25, 0.3) is 0 Å². The standard InChI is InChI=1S/C24H19BrO4/c25-21-13-7-12-20(14-21)15-22(23(26)28-16-18-8-3-1-4-9-18)24(27)29-17-19-10-5-2-6-11-19/h1-15H,16-17H2. The zero-order chi connectivity index (χ0) is 20.5. The van der Waals surface area contributed by atoms with Crippen LogP contribution in [-0.2, 0) is 32.3 Å². The van der Waals surface area contributed by atoms with E-state index in [-0.39, 0.29) is 18.8 Å². The number of halogens is 1. The summed E-state index contributed by atoms with van der Waals surface area (Å²) < 4.78 is 11.5. The molecule has 3 rings (SSSR count). The molecule has 0 fully saturated rings. The van der Waals surface area contributed by atoms with E-state index in [0.717, 1.165) is 15.6 Å². The molecule has 146 valence electrons. The maximum Gasteiger partial charge on any atom is 0.345 e. The molecule has 0 amide bonds. The first-order valence-corrected chi connectivity index (χ1v) is 9.80. The Balaban J connectivity index is 1.76. The van der Waals surface area contributed by atoms with Crippen molar-refractivity contribution in [2.24, 2.45) is 0 Å². The highest BCUT2D eigenvalue weighted by atomic mass is 79.9. The summed E-state index contributed by atoms with van der Waals surface area (Å²) in [6.07, 6.45) is 1.48. The van der Waals surface area contributed by atoms with E-state index in [4.69, 9.17) is 9.47 Å². The van der Waals surface area contributed by atoms with Crippen LogP contribution in [0.25, 0.3) is 6.08 Å². The Bertz CT molecular complexity index is 940. The predicted octanol–water partition coefficient (Wildman–Crippen LogP) is 5.32. The fourth-order valence-electron chi connectivity index (χ4n) is 2.57. The molecule has 29 heavy (non-hydrogen) atoms. The molecule has 0 saturated carbocycles. The van der Waals surface area contributed by atoms with E-state index in [9.17, 15) is 9.59 Å². The van der Waals surface area contributed by atoms with Gasteiger partial charge in [-0.15, -0.1) is 0 Å². The van der Waals surface area contributed by atoms with Crippen LogP contribution in [-0.4, -0.2) is 11.9 Å². The Morgan fingerprint density at radius 3 is 1.72 bits per heavy atom. The van der Waals surface area contributed by atoms with E-state index in [1.54, 1.807) is 12.1 Å². The lowest BCUT2D eigenvalue weighted by Gasteiger charge is -2.10. The summed E-state index contributed by atoms with van der Waals surface area (Å²) in [4.78, 5) is 25.3. The van der Waals surface area contributed by atoms with E-state index in [2.05, 4.69) is 15.9 Å². The van der Waals surface area contributed by atoms with Crippen molar-refractivity contribution in [3.63, 3.8) is 0 Å². The SMILES string of the molecule is O=C(OCc1ccccc1)C(=Cc1cccc(Br)c1)C(=O)OCc1ccccc1. The van der Waals surface area contributed by atoms with Crippen molar-refractivity contribution in [1.29, 1.82) is 0 Å². The van der Waals surface area contributed by atoms with Crippen molar-refractivity contribution in [2.45, 2.75) is 13.2 Å². The first-order valence-electron chi connectivity index (χ1n) is 9.01. The minimum atomic E-state index is -0.730. The highest BCUT2D eigenvalue weighted by Crippen LogP contribution is 2.17. The van der Waals surface area contributed by atoms with Crippen LogP contribution in [0.15, 0.2) is 95.0 Å². The lowest BCUT2D eigenvalue weighted by atomic mass is 10.1. The summed E-state index contributed by atoms with van der Waals surface area (Å²) in [5.41, 5.74) is 2.19.